The van der Waals surface area contributed by atoms with Gasteiger partial charge in [0.25, 0.3) is 5.95 Å². The van der Waals surface area contributed by atoms with Crippen LogP contribution in [0.15, 0.2) is 28.8 Å². The number of aryl methyl sites for hydroxylation is 1. The largest absolute Gasteiger partial charge is 0.337 e. The quantitative estimate of drug-likeness (QED) is 0.742. The molecule has 3 aromatic rings. The molecule has 23 heavy (non-hydrogen) atoms. The zero-order valence-electron chi connectivity index (χ0n) is 13.0. The highest BCUT2D eigenvalue weighted by molar-refractivity contribution is 5.83. The van der Waals surface area contributed by atoms with Crippen LogP contribution in [-0.4, -0.2) is 25.7 Å². The summed E-state index contributed by atoms with van der Waals surface area (Å²) in [5.74, 6) is 1.59. The molecule has 2 aromatic heterocycles. The average Bonchev–Trinajstić information content (AvgIpc) is 3.20. The van der Waals surface area contributed by atoms with E-state index in [0.717, 1.165) is 35.9 Å². The smallest absolute Gasteiger partial charge is 0.291 e. The van der Waals surface area contributed by atoms with Crippen molar-refractivity contribution in [1.82, 2.24) is 19.9 Å². The van der Waals surface area contributed by atoms with Crippen molar-refractivity contribution in [3.63, 3.8) is 0 Å². The summed E-state index contributed by atoms with van der Waals surface area (Å²) in [4.78, 5) is 15.9. The number of rotatable bonds is 3. The molecule has 0 radical (unpaired) electrons. The predicted molar refractivity (Wildman–Crippen MR) is 84.5 cm³/mol. The Morgan fingerprint density at radius 2 is 2.04 bits per heavy atom. The van der Waals surface area contributed by atoms with Gasteiger partial charge in [-0.15, -0.1) is 0 Å². The number of ketones is 1. The van der Waals surface area contributed by atoms with E-state index in [1.54, 1.807) is 4.68 Å². The minimum atomic E-state index is 0.182. The third-order valence-electron chi connectivity index (χ3n) is 4.51. The molecule has 6 nitrogen and oxygen atoms in total. The van der Waals surface area contributed by atoms with Crippen molar-refractivity contribution >= 4 is 16.7 Å². The molecule has 0 saturated heterocycles. The number of benzene rings is 1. The first kappa shape index (κ1) is 14.1. The molecule has 0 atom stereocenters. The number of Topliss-reactive ketones (excluding diaryl/α,β-unsaturated/α-hetero) is 1. The number of aromatic nitrogens is 4. The lowest BCUT2D eigenvalue weighted by molar-refractivity contribution is -0.120. The van der Waals surface area contributed by atoms with E-state index in [1.807, 2.05) is 18.2 Å². The van der Waals surface area contributed by atoms with Gasteiger partial charge >= 0.3 is 0 Å². The van der Waals surface area contributed by atoms with Crippen LogP contribution < -0.4 is 0 Å². The van der Waals surface area contributed by atoms with Crippen LogP contribution in [0, 0.1) is 0 Å². The Balaban J connectivity index is 1.71. The normalized spacial score (nSPS) is 16.3. The van der Waals surface area contributed by atoms with Gasteiger partial charge in [-0.3, -0.25) is 4.79 Å². The first-order chi connectivity index (χ1) is 11.3. The summed E-state index contributed by atoms with van der Waals surface area (Å²) in [7, 11) is 0. The van der Waals surface area contributed by atoms with Gasteiger partial charge < -0.3 is 4.52 Å². The topological polar surface area (TPSA) is 73.8 Å². The number of hydrogen-bond acceptors (Lipinski definition) is 5. The number of carbonyl (C=O) groups is 1. The minimum absolute atomic E-state index is 0.182. The molecule has 1 aromatic carbocycles. The molecule has 0 spiro atoms. The van der Waals surface area contributed by atoms with Crippen LogP contribution in [0.5, 0.6) is 0 Å². The third kappa shape index (κ3) is 2.44. The molecule has 1 aliphatic carbocycles. The summed E-state index contributed by atoms with van der Waals surface area (Å²) in [5.41, 5.74) is 2.01. The van der Waals surface area contributed by atoms with Crippen LogP contribution in [0.2, 0.25) is 0 Å². The number of nitrogens with zero attached hydrogens (tertiary/aromatic N) is 4. The van der Waals surface area contributed by atoms with Gasteiger partial charge in [0.2, 0.25) is 5.89 Å². The van der Waals surface area contributed by atoms with Crippen LogP contribution in [-0.2, 0) is 11.2 Å². The van der Waals surface area contributed by atoms with E-state index in [4.69, 9.17) is 4.52 Å². The molecule has 2 heterocycles. The Bertz CT molecular complexity index is 854. The van der Waals surface area contributed by atoms with E-state index in [-0.39, 0.29) is 5.92 Å². The Hall–Kier alpha value is -2.50. The fourth-order valence-electron chi connectivity index (χ4n) is 3.21. The Kier molecular flexibility index (Phi) is 3.44. The fourth-order valence-corrected chi connectivity index (χ4v) is 3.21. The third-order valence-corrected chi connectivity index (χ3v) is 4.51. The first-order valence-corrected chi connectivity index (χ1v) is 8.08. The van der Waals surface area contributed by atoms with Crippen molar-refractivity contribution in [3.8, 4) is 5.95 Å². The summed E-state index contributed by atoms with van der Waals surface area (Å²) < 4.78 is 7.20. The standard InChI is InChI=1S/C17H18N4O2/c1-2-14-13-5-3-4-6-15(13)21(19-14)17-18-16(23-20-17)11-7-9-12(22)10-8-11/h3-6,11H,2,7-10H2,1H3. The average molecular weight is 310 g/mol. The molecular weight excluding hydrogens is 292 g/mol. The van der Waals surface area contributed by atoms with E-state index in [2.05, 4.69) is 28.2 Å². The van der Waals surface area contributed by atoms with Gasteiger partial charge in [-0.2, -0.15) is 14.8 Å². The van der Waals surface area contributed by atoms with Crippen LogP contribution >= 0.6 is 0 Å². The molecule has 1 aliphatic rings. The highest BCUT2D eigenvalue weighted by atomic mass is 16.5. The summed E-state index contributed by atoms with van der Waals surface area (Å²) in [6, 6.07) is 8.06. The summed E-state index contributed by atoms with van der Waals surface area (Å²) >= 11 is 0. The second-order valence-corrected chi connectivity index (χ2v) is 5.97. The van der Waals surface area contributed by atoms with Gasteiger partial charge in [-0.05, 0) is 30.5 Å². The number of hydrogen-bond donors (Lipinski definition) is 0. The molecule has 0 amide bonds. The summed E-state index contributed by atoms with van der Waals surface area (Å²) in [6.07, 6.45) is 3.64. The van der Waals surface area contributed by atoms with Crippen LogP contribution in [0.1, 0.15) is 50.1 Å². The summed E-state index contributed by atoms with van der Waals surface area (Å²) in [6.45, 7) is 2.08. The minimum Gasteiger partial charge on any atom is -0.337 e. The van der Waals surface area contributed by atoms with Crippen LogP contribution in [0.4, 0.5) is 0 Å². The maximum atomic E-state index is 11.4. The van der Waals surface area contributed by atoms with Crippen molar-refractivity contribution in [3.05, 3.63) is 35.9 Å². The molecule has 0 N–H and O–H groups in total. The van der Waals surface area contributed by atoms with Gasteiger partial charge in [-0.1, -0.05) is 25.1 Å². The lowest BCUT2D eigenvalue weighted by atomic mass is 9.88. The second-order valence-electron chi connectivity index (χ2n) is 5.97. The van der Waals surface area contributed by atoms with Gasteiger partial charge in [-0.25, -0.2) is 0 Å². The van der Waals surface area contributed by atoms with Crippen molar-refractivity contribution in [2.45, 2.75) is 44.9 Å². The molecule has 0 bridgehead atoms. The highest BCUT2D eigenvalue weighted by Gasteiger charge is 2.26. The number of fused-ring (bicyclic) bond motifs is 1. The molecule has 0 aliphatic heterocycles. The van der Waals surface area contributed by atoms with Crippen molar-refractivity contribution in [2.24, 2.45) is 0 Å². The predicted octanol–water partition coefficient (Wildman–Crippen LogP) is 3.20. The van der Waals surface area contributed by atoms with Gasteiger partial charge in [0.05, 0.1) is 11.2 Å². The lowest BCUT2D eigenvalue weighted by Gasteiger charge is -2.16. The number of carbonyl (C=O) groups excluding carboxylic acids is 1. The molecule has 1 fully saturated rings. The Labute approximate surface area is 133 Å². The molecule has 6 heteroatoms. The van der Waals surface area contributed by atoms with Crippen molar-refractivity contribution in [2.75, 3.05) is 0 Å². The van der Waals surface area contributed by atoms with E-state index < -0.39 is 0 Å². The van der Waals surface area contributed by atoms with Gasteiger partial charge in [0.1, 0.15) is 5.78 Å². The van der Waals surface area contributed by atoms with Gasteiger partial charge in [0.15, 0.2) is 0 Å². The summed E-state index contributed by atoms with van der Waals surface area (Å²) in [5, 5.41) is 9.85. The molecule has 1 saturated carbocycles. The first-order valence-electron chi connectivity index (χ1n) is 8.08. The Morgan fingerprint density at radius 3 is 2.83 bits per heavy atom. The highest BCUT2D eigenvalue weighted by Crippen LogP contribution is 2.30. The van der Waals surface area contributed by atoms with E-state index in [0.29, 0.717) is 30.5 Å². The molecule has 0 unspecified atom stereocenters. The monoisotopic (exact) mass is 310 g/mol. The zero-order valence-corrected chi connectivity index (χ0v) is 13.0. The SMILES string of the molecule is CCc1nn(-c2noc(C3CCC(=O)CC3)n2)c2ccccc12. The maximum Gasteiger partial charge on any atom is 0.291 e. The van der Waals surface area contributed by atoms with E-state index in [9.17, 15) is 4.79 Å². The second kappa shape index (κ2) is 5.61. The van der Waals surface area contributed by atoms with Gasteiger partial charge in [0, 0.05) is 24.1 Å². The van der Waals surface area contributed by atoms with Crippen molar-refractivity contribution < 1.29 is 9.32 Å². The molecule has 118 valence electrons. The zero-order chi connectivity index (χ0) is 15.8. The van der Waals surface area contributed by atoms with E-state index in [1.165, 1.54) is 0 Å². The number of para-hydroxylation sites is 1. The van der Waals surface area contributed by atoms with E-state index >= 15 is 0 Å². The fraction of sp³-hybridized carbons (Fsp3) is 0.412. The maximum absolute atomic E-state index is 11.4. The molecular formula is C17H18N4O2. The van der Waals surface area contributed by atoms with Crippen LogP contribution in [0.25, 0.3) is 16.9 Å². The lowest BCUT2D eigenvalue weighted by Crippen LogP contribution is -2.12. The van der Waals surface area contributed by atoms with Crippen LogP contribution in [0.3, 0.4) is 0 Å². The Morgan fingerprint density at radius 1 is 1.26 bits per heavy atom. The van der Waals surface area contributed by atoms with Crippen molar-refractivity contribution in [1.29, 1.82) is 0 Å². The molecule has 4 rings (SSSR count).